The Morgan fingerprint density at radius 3 is 2.83 bits per heavy atom. The third-order valence-corrected chi connectivity index (χ3v) is 3.97. The topological polar surface area (TPSA) is 68.1 Å². The predicted molar refractivity (Wildman–Crippen MR) is 79.2 cm³/mol. The van der Waals surface area contributed by atoms with Crippen LogP contribution in [0.4, 0.5) is 8.78 Å². The molecular weight excluding hydrogens is 320 g/mol. The predicted octanol–water partition coefficient (Wildman–Crippen LogP) is 2.17. The smallest absolute Gasteiger partial charge is 0.346 e. The molecule has 1 aliphatic rings. The van der Waals surface area contributed by atoms with Crippen LogP contribution in [-0.2, 0) is 9.47 Å². The minimum absolute atomic E-state index is 0.0152. The molecule has 2 aromatic heterocycles. The van der Waals surface area contributed by atoms with Gasteiger partial charge in [-0.1, -0.05) is 0 Å². The van der Waals surface area contributed by atoms with Crippen molar-refractivity contribution in [2.24, 2.45) is 0 Å². The first-order chi connectivity index (χ1) is 11.6. The van der Waals surface area contributed by atoms with Crippen LogP contribution in [0.3, 0.4) is 0 Å². The van der Waals surface area contributed by atoms with Crippen LogP contribution in [-0.4, -0.2) is 35.9 Å². The molecule has 2 aromatic rings. The van der Waals surface area contributed by atoms with Crippen molar-refractivity contribution in [3.63, 3.8) is 0 Å². The van der Waals surface area contributed by atoms with Gasteiger partial charge in [0.1, 0.15) is 5.56 Å². The first-order valence-corrected chi connectivity index (χ1v) is 7.82. The van der Waals surface area contributed by atoms with Crippen LogP contribution >= 0.6 is 0 Å². The van der Waals surface area contributed by atoms with Crippen molar-refractivity contribution in [1.82, 2.24) is 10.1 Å². The molecule has 1 saturated heterocycles. The van der Waals surface area contributed by atoms with Gasteiger partial charge >= 0.3 is 5.97 Å². The van der Waals surface area contributed by atoms with Crippen LogP contribution in [0, 0.1) is 11.9 Å². The maximum Gasteiger partial charge on any atom is 0.346 e. The fourth-order valence-electron chi connectivity index (χ4n) is 2.86. The summed E-state index contributed by atoms with van der Waals surface area (Å²) in [4.78, 5) is 15.4. The van der Waals surface area contributed by atoms with Gasteiger partial charge in [-0.25, -0.2) is 4.79 Å². The lowest BCUT2D eigenvalue weighted by Crippen LogP contribution is -2.46. The number of aromatic nitrogens is 3. The van der Waals surface area contributed by atoms with Crippen LogP contribution in [0.25, 0.3) is 11.3 Å². The Balaban J connectivity index is 2.11. The van der Waals surface area contributed by atoms with Gasteiger partial charge < -0.3 is 9.47 Å². The fraction of sp³-hybridized carbons (Fsp3) is 0.438. The Kier molecular flexibility index (Phi) is 4.84. The number of rotatable bonds is 4. The lowest BCUT2D eigenvalue weighted by Gasteiger charge is -2.17. The van der Waals surface area contributed by atoms with Crippen molar-refractivity contribution < 1.29 is 27.7 Å². The summed E-state index contributed by atoms with van der Waals surface area (Å²) >= 11 is 0. The Bertz CT molecular complexity index is 742. The lowest BCUT2D eigenvalue weighted by atomic mass is 10.1. The van der Waals surface area contributed by atoms with Crippen LogP contribution in [0.5, 0.6) is 0 Å². The van der Waals surface area contributed by atoms with E-state index in [1.807, 2.05) is 0 Å². The molecule has 0 aromatic carbocycles. The maximum atomic E-state index is 14.2. The van der Waals surface area contributed by atoms with E-state index in [9.17, 15) is 13.6 Å². The van der Waals surface area contributed by atoms with E-state index in [4.69, 9.17) is 9.47 Å². The summed E-state index contributed by atoms with van der Waals surface area (Å²) < 4.78 is 39.5. The number of aromatic amines is 1. The standard InChI is InChI=1S/C16H17F2N3O3/c1-2-24-16(22)12-9-19-21(10-5-7-23-8-6-10)14(12)11-3-4-13(17)20-15(11)18/h3-4,9-10H,2,5-8H2,1H3/p+1. The summed E-state index contributed by atoms with van der Waals surface area (Å²) in [6.07, 6.45) is 2.92. The summed E-state index contributed by atoms with van der Waals surface area (Å²) in [6, 6.07) is 2.36. The highest BCUT2D eigenvalue weighted by Crippen LogP contribution is 2.26. The number of pyridine rings is 1. The first kappa shape index (κ1) is 16.5. The van der Waals surface area contributed by atoms with E-state index in [0.29, 0.717) is 18.9 Å². The lowest BCUT2D eigenvalue weighted by molar-refractivity contribution is -0.767. The molecule has 8 heteroatoms. The molecule has 0 atom stereocenters. The van der Waals surface area contributed by atoms with Gasteiger partial charge in [0.05, 0.1) is 26.0 Å². The molecule has 0 aliphatic carbocycles. The Hall–Kier alpha value is -2.35. The minimum Gasteiger partial charge on any atom is -0.462 e. The van der Waals surface area contributed by atoms with E-state index >= 15 is 0 Å². The quantitative estimate of drug-likeness (QED) is 0.527. The van der Waals surface area contributed by atoms with Crippen molar-refractivity contribution in [2.45, 2.75) is 25.8 Å². The molecule has 0 radical (unpaired) electrons. The largest absolute Gasteiger partial charge is 0.462 e. The van der Waals surface area contributed by atoms with E-state index < -0.39 is 17.9 Å². The third kappa shape index (κ3) is 3.14. The van der Waals surface area contributed by atoms with Crippen LogP contribution in [0.1, 0.15) is 36.2 Å². The molecular formula is C16H18F2N3O3+. The highest BCUT2D eigenvalue weighted by molar-refractivity contribution is 5.95. The normalized spacial score (nSPS) is 15.5. The average molecular weight is 338 g/mol. The number of esters is 1. The van der Waals surface area contributed by atoms with E-state index in [1.54, 1.807) is 11.6 Å². The fourth-order valence-corrected chi connectivity index (χ4v) is 2.86. The molecule has 0 spiro atoms. The Morgan fingerprint density at radius 2 is 2.17 bits per heavy atom. The van der Waals surface area contributed by atoms with Gasteiger partial charge in [0.2, 0.25) is 11.9 Å². The second-order valence-corrected chi connectivity index (χ2v) is 5.44. The van der Waals surface area contributed by atoms with Gasteiger partial charge in [0.25, 0.3) is 5.69 Å². The molecule has 1 fully saturated rings. The number of carbonyl (C=O) groups excluding carboxylic acids is 1. The number of nitrogens with zero attached hydrogens (tertiary/aromatic N) is 2. The molecule has 0 bridgehead atoms. The number of ether oxygens (including phenoxy) is 2. The van der Waals surface area contributed by atoms with Gasteiger partial charge in [-0.05, 0) is 19.1 Å². The monoisotopic (exact) mass is 338 g/mol. The van der Waals surface area contributed by atoms with E-state index in [1.165, 1.54) is 12.3 Å². The minimum atomic E-state index is -0.971. The van der Waals surface area contributed by atoms with Crippen LogP contribution in [0.2, 0.25) is 0 Å². The molecule has 3 heterocycles. The summed E-state index contributed by atoms with van der Waals surface area (Å²) in [5.41, 5.74) is 0.549. The molecule has 0 amide bonds. The van der Waals surface area contributed by atoms with E-state index in [0.717, 1.165) is 18.9 Å². The molecule has 0 saturated carbocycles. The summed E-state index contributed by atoms with van der Waals surface area (Å²) in [5, 5.41) is 3.00. The molecule has 24 heavy (non-hydrogen) atoms. The molecule has 6 nitrogen and oxygen atoms in total. The summed E-state index contributed by atoms with van der Waals surface area (Å²) in [6.45, 7) is 3.05. The van der Waals surface area contributed by atoms with Crippen molar-refractivity contribution in [2.75, 3.05) is 19.8 Å². The second-order valence-electron chi connectivity index (χ2n) is 5.44. The summed E-state index contributed by atoms with van der Waals surface area (Å²) in [7, 11) is 0. The number of carbonyl (C=O) groups is 1. The molecule has 0 unspecified atom stereocenters. The van der Waals surface area contributed by atoms with Crippen LogP contribution < -0.4 is 4.68 Å². The van der Waals surface area contributed by atoms with Crippen molar-refractivity contribution in [1.29, 1.82) is 0 Å². The average Bonchev–Trinajstić information content (AvgIpc) is 3.01. The SMILES string of the molecule is CCOC(=O)c1c[nH][n+](C2CCOCC2)c1-c1ccc(F)nc1F. The number of hydrogen-bond donors (Lipinski definition) is 1. The van der Waals surface area contributed by atoms with Crippen molar-refractivity contribution in [3.05, 3.63) is 35.8 Å². The van der Waals surface area contributed by atoms with Gasteiger partial charge in [0, 0.05) is 12.8 Å². The zero-order valence-electron chi connectivity index (χ0n) is 13.2. The first-order valence-electron chi connectivity index (χ1n) is 7.82. The maximum absolute atomic E-state index is 14.2. The second kappa shape index (κ2) is 7.04. The van der Waals surface area contributed by atoms with Gasteiger partial charge in [-0.3, -0.25) is 0 Å². The molecule has 3 rings (SSSR count). The zero-order valence-corrected chi connectivity index (χ0v) is 13.2. The number of nitrogens with one attached hydrogen (secondary N) is 1. The van der Waals surface area contributed by atoms with Crippen molar-refractivity contribution >= 4 is 5.97 Å². The number of halogens is 2. The van der Waals surface area contributed by atoms with Gasteiger partial charge in [-0.15, -0.1) is 4.68 Å². The summed E-state index contributed by atoms with van der Waals surface area (Å²) in [5.74, 6) is -2.46. The molecule has 1 aliphatic heterocycles. The van der Waals surface area contributed by atoms with E-state index in [2.05, 4.69) is 10.1 Å². The van der Waals surface area contributed by atoms with Crippen molar-refractivity contribution in [3.8, 4) is 11.3 Å². The number of hydrogen-bond acceptors (Lipinski definition) is 4. The Labute approximate surface area is 137 Å². The Morgan fingerprint density at radius 1 is 1.42 bits per heavy atom. The molecule has 1 N–H and O–H groups in total. The highest BCUT2D eigenvalue weighted by Gasteiger charge is 2.35. The van der Waals surface area contributed by atoms with Gasteiger partial charge in [-0.2, -0.15) is 18.9 Å². The van der Waals surface area contributed by atoms with Crippen LogP contribution in [0.15, 0.2) is 18.3 Å². The van der Waals surface area contributed by atoms with E-state index in [-0.39, 0.29) is 23.8 Å². The van der Waals surface area contributed by atoms with Gasteiger partial charge in [0.15, 0.2) is 11.6 Å². The zero-order chi connectivity index (χ0) is 17.1. The highest BCUT2D eigenvalue weighted by atomic mass is 19.1. The number of H-pyrrole nitrogens is 1. The third-order valence-electron chi connectivity index (χ3n) is 3.97. The molecule has 128 valence electrons.